The monoisotopic (exact) mass is 422 g/mol. The molecule has 7 heteroatoms. The second-order valence-corrected chi connectivity index (χ2v) is 8.23. The molecular weight excluding hydrogens is 395 g/mol. The number of amides is 3. The number of piperidine rings is 1. The van der Waals surface area contributed by atoms with Crippen LogP contribution in [0, 0.1) is 18.7 Å². The highest BCUT2D eigenvalue weighted by atomic mass is 19.1. The van der Waals surface area contributed by atoms with Gasteiger partial charge in [-0.1, -0.05) is 17.7 Å². The molecule has 0 bridgehead atoms. The van der Waals surface area contributed by atoms with Crippen molar-refractivity contribution in [2.45, 2.75) is 26.2 Å². The first-order valence-electron chi connectivity index (χ1n) is 10.6. The minimum absolute atomic E-state index is 0.0547. The van der Waals surface area contributed by atoms with Gasteiger partial charge in [0.25, 0.3) is 0 Å². The first-order valence-corrected chi connectivity index (χ1v) is 10.6. The number of aromatic amines is 1. The molecule has 3 aromatic rings. The maximum Gasteiger partial charge on any atom is 0.319 e. The van der Waals surface area contributed by atoms with Crippen molar-refractivity contribution >= 4 is 28.5 Å². The van der Waals surface area contributed by atoms with Crippen molar-refractivity contribution in [3.8, 4) is 0 Å². The summed E-state index contributed by atoms with van der Waals surface area (Å²) < 4.78 is 13.4. The van der Waals surface area contributed by atoms with Crippen LogP contribution in [0.25, 0.3) is 10.9 Å². The lowest BCUT2D eigenvalue weighted by Gasteiger charge is -2.33. The molecule has 31 heavy (non-hydrogen) atoms. The first-order chi connectivity index (χ1) is 15.0. The quantitative estimate of drug-likeness (QED) is 0.576. The van der Waals surface area contributed by atoms with E-state index in [0.717, 1.165) is 41.6 Å². The number of anilines is 1. The first kappa shape index (κ1) is 20.9. The van der Waals surface area contributed by atoms with Crippen LogP contribution in [-0.2, 0) is 11.2 Å². The molecule has 1 fully saturated rings. The van der Waals surface area contributed by atoms with Crippen LogP contribution in [0.2, 0.25) is 0 Å². The van der Waals surface area contributed by atoms with Gasteiger partial charge in [-0.3, -0.25) is 4.79 Å². The molecule has 3 amide bonds. The Morgan fingerprint density at radius 3 is 2.81 bits per heavy atom. The molecule has 1 aliphatic rings. The Morgan fingerprint density at radius 2 is 2.00 bits per heavy atom. The number of urea groups is 1. The SMILES string of the molecule is Cc1ccc(NC(=O)NCC2CCCN(C(=O)Cc3c[nH]c4cc(F)ccc34)C2)cc1. The summed E-state index contributed by atoms with van der Waals surface area (Å²) >= 11 is 0. The molecule has 3 N–H and O–H groups in total. The maximum absolute atomic E-state index is 13.4. The molecular formula is C24H27FN4O2. The summed E-state index contributed by atoms with van der Waals surface area (Å²) in [5.41, 5.74) is 3.46. The third-order valence-electron chi connectivity index (χ3n) is 5.80. The topological polar surface area (TPSA) is 77.2 Å². The van der Waals surface area contributed by atoms with Gasteiger partial charge in [-0.2, -0.15) is 0 Å². The van der Waals surface area contributed by atoms with E-state index in [1.807, 2.05) is 36.1 Å². The highest BCUT2D eigenvalue weighted by molar-refractivity contribution is 5.90. The second-order valence-electron chi connectivity index (χ2n) is 8.23. The standard InChI is InChI=1S/C24H27FN4O2/c1-16-4-7-20(8-5-16)28-24(31)27-13-17-3-2-10-29(15-17)23(30)11-18-14-26-22-12-19(25)6-9-21(18)22/h4-9,12,14,17,26H,2-3,10-11,13,15H2,1H3,(H2,27,28,31). The number of H-pyrrole nitrogens is 1. The van der Waals surface area contributed by atoms with Crippen molar-refractivity contribution in [3.05, 3.63) is 65.6 Å². The molecule has 4 rings (SSSR count). The predicted octanol–water partition coefficient (Wildman–Crippen LogP) is 4.22. The molecule has 1 saturated heterocycles. The number of hydrogen-bond donors (Lipinski definition) is 3. The van der Waals surface area contributed by atoms with Gasteiger partial charge >= 0.3 is 6.03 Å². The zero-order valence-electron chi connectivity index (χ0n) is 17.6. The number of carbonyl (C=O) groups is 2. The normalized spacial score (nSPS) is 16.3. The van der Waals surface area contributed by atoms with Crippen molar-refractivity contribution in [1.82, 2.24) is 15.2 Å². The van der Waals surface area contributed by atoms with E-state index in [-0.39, 0.29) is 30.1 Å². The fourth-order valence-electron chi connectivity index (χ4n) is 4.09. The minimum Gasteiger partial charge on any atom is -0.361 e. The van der Waals surface area contributed by atoms with Crippen LogP contribution in [0.4, 0.5) is 14.9 Å². The van der Waals surface area contributed by atoms with Crippen molar-refractivity contribution in [2.24, 2.45) is 5.92 Å². The Bertz CT molecular complexity index is 1080. The van der Waals surface area contributed by atoms with Gasteiger partial charge < -0.3 is 20.5 Å². The number of likely N-dealkylation sites (tertiary alicyclic amines) is 1. The Hall–Kier alpha value is -3.35. The van der Waals surface area contributed by atoms with E-state index in [9.17, 15) is 14.0 Å². The van der Waals surface area contributed by atoms with Crippen LogP contribution in [0.5, 0.6) is 0 Å². The zero-order valence-corrected chi connectivity index (χ0v) is 17.6. The van der Waals surface area contributed by atoms with Crippen LogP contribution in [0.1, 0.15) is 24.0 Å². The Balaban J connectivity index is 1.29. The summed E-state index contributed by atoms with van der Waals surface area (Å²) in [5, 5.41) is 6.63. The second kappa shape index (κ2) is 9.20. The summed E-state index contributed by atoms with van der Waals surface area (Å²) in [6.45, 7) is 3.87. The molecule has 1 aromatic heterocycles. The van der Waals surface area contributed by atoms with E-state index >= 15 is 0 Å². The average molecular weight is 423 g/mol. The molecule has 6 nitrogen and oxygen atoms in total. The fourth-order valence-corrected chi connectivity index (χ4v) is 4.09. The molecule has 1 aliphatic heterocycles. The van der Waals surface area contributed by atoms with Crippen molar-refractivity contribution in [2.75, 3.05) is 25.0 Å². The van der Waals surface area contributed by atoms with Gasteiger partial charge in [-0.25, -0.2) is 9.18 Å². The van der Waals surface area contributed by atoms with Crippen LogP contribution in [-0.4, -0.2) is 41.5 Å². The molecule has 0 spiro atoms. The summed E-state index contributed by atoms with van der Waals surface area (Å²) in [5.74, 6) is -0.0254. The van der Waals surface area contributed by atoms with Crippen molar-refractivity contribution in [3.63, 3.8) is 0 Å². The number of halogens is 1. The lowest BCUT2D eigenvalue weighted by molar-refractivity contribution is -0.132. The van der Waals surface area contributed by atoms with E-state index in [4.69, 9.17) is 0 Å². The lowest BCUT2D eigenvalue weighted by atomic mass is 9.97. The number of benzene rings is 2. The number of nitrogens with one attached hydrogen (secondary N) is 3. The van der Waals surface area contributed by atoms with Crippen LogP contribution in [0.3, 0.4) is 0 Å². The van der Waals surface area contributed by atoms with Crippen LogP contribution >= 0.6 is 0 Å². The fraction of sp³-hybridized carbons (Fsp3) is 0.333. The summed E-state index contributed by atoms with van der Waals surface area (Å²) in [6, 6.07) is 12.0. The highest BCUT2D eigenvalue weighted by Gasteiger charge is 2.24. The van der Waals surface area contributed by atoms with Gasteiger partial charge in [0.2, 0.25) is 5.91 Å². The van der Waals surface area contributed by atoms with E-state index in [0.29, 0.717) is 18.6 Å². The summed E-state index contributed by atoms with van der Waals surface area (Å²) in [6.07, 6.45) is 3.94. The molecule has 0 saturated carbocycles. The minimum atomic E-state index is -0.301. The van der Waals surface area contributed by atoms with E-state index in [1.165, 1.54) is 12.1 Å². The third-order valence-corrected chi connectivity index (χ3v) is 5.80. The Labute approximate surface area is 180 Å². The molecule has 2 heterocycles. The van der Waals surface area contributed by atoms with Gasteiger partial charge in [-0.05, 0) is 61.6 Å². The highest BCUT2D eigenvalue weighted by Crippen LogP contribution is 2.22. The molecule has 1 unspecified atom stereocenters. The molecule has 162 valence electrons. The number of fused-ring (bicyclic) bond motifs is 1. The Kier molecular flexibility index (Phi) is 6.21. The largest absolute Gasteiger partial charge is 0.361 e. The summed E-state index contributed by atoms with van der Waals surface area (Å²) in [4.78, 5) is 30.0. The number of carbonyl (C=O) groups excluding carboxylic acids is 2. The number of hydrogen-bond acceptors (Lipinski definition) is 2. The van der Waals surface area contributed by atoms with Crippen molar-refractivity contribution in [1.29, 1.82) is 0 Å². The van der Waals surface area contributed by atoms with Gasteiger partial charge in [0.05, 0.1) is 6.42 Å². The zero-order chi connectivity index (χ0) is 21.8. The number of aromatic nitrogens is 1. The summed E-state index contributed by atoms with van der Waals surface area (Å²) in [7, 11) is 0. The predicted molar refractivity (Wildman–Crippen MR) is 119 cm³/mol. The van der Waals surface area contributed by atoms with Gasteiger partial charge in [0, 0.05) is 42.4 Å². The molecule has 1 atom stereocenters. The Morgan fingerprint density at radius 1 is 1.19 bits per heavy atom. The van der Waals surface area contributed by atoms with Gasteiger partial charge in [0.1, 0.15) is 5.82 Å². The van der Waals surface area contributed by atoms with E-state index < -0.39 is 0 Å². The van der Waals surface area contributed by atoms with Crippen LogP contribution in [0.15, 0.2) is 48.7 Å². The number of rotatable bonds is 5. The van der Waals surface area contributed by atoms with Gasteiger partial charge in [-0.15, -0.1) is 0 Å². The van der Waals surface area contributed by atoms with Crippen LogP contribution < -0.4 is 10.6 Å². The van der Waals surface area contributed by atoms with Gasteiger partial charge in [0.15, 0.2) is 0 Å². The number of nitrogens with zero attached hydrogens (tertiary/aromatic N) is 1. The number of aryl methyl sites for hydroxylation is 1. The lowest BCUT2D eigenvalue weighted by Crippen LogP contribution is -2.44. The maximum atomic E-state index is 13.4. The third kappa shape index (κ3) is 5.23. The average Bonchev–Trinajstić information content (AvgIpc) is 3.15. The molecule has 0 radical (unpaired) electrons. The molecule has 0 aliphatic carbocycles. The van der Waals surface area contributed by atoms with E-state index in [2.05, 4.69) is 15.6 Å². The smallest absolute Gasteiger partial charge is 0.319 e. The molecule has 2 aromatic carbocycles. The van der Waals surface area contributed by atoms with Crippen molar-refractivity contribution < 1.29 is 14.0 Å². The van der Waals surface area contributed by atoms with E-state index in [1.54, 1.807) is 12.3 Å².